The van der Waals surface area contributed by atoms with Gasteiger partial charge in [0.1, 0.15) is 24.6 Å². The fourth-order valence-corrected chi connectivity index (χ4v) is 2.25. The van der Waals surface area contributed by atoms with Crippen LogP contribution in [0.15, 0.2) is 63.8 Å². The molecule has 0 N–H and O–H groups in total. The first-order valence-corrected chi connectivity index (χ1v) is 6.60. The molecule has 1 heterocycles. The predicted molar refractivity (Wildman–Crippen MR) is 79.4 cm³/mol. The SMILES string of the molecule is O=c1cc(-c2ccccc2)c2ccc(OCC[18F])cc2o1. The van der Waals surface area contributed by atoms with Gasteiger partial charge in [-0.1, -0.05) is 30.3 Å². The van der Waals surface area contributed by atoms with Crippen molar-refractivity contribution in [1.82, 2.24) is 0 Å². The molecular formula is C17H13FO3. The fourth-order valence-electron chi connectivity index (χ4n) is 2.25. The summed E-state index contributed by atoms with van der Waals surface area (Å²) >= 11 is 0. The van der Waals surface area contributed by atoms with Crippen LogP contribution in [-0.2, 0) is 0 Å². The molecule has 0 amide bonds. The summed E-state index contributed by atoms with van der Waals surface area (Å²) in [6.45, 7) is -0.583. The van der Waals surface area contributed by atoms with E-state index in [1.807, 2.05) is 36.4 Å². The number of fused-ring (bicyclic) bond motifs is 1. The molecule has 0 fully saturated rings. The molecule has 0 aliphatic heterocycles. The van der Waals surface area contributed by atoms with E-state index >= 15 is 0 Å². The van der Waals surface area contributed by atoms with Gasteiger partial charge in [-0.05, 0) is 23.3 Å². The van der Waals surface area contributed by atoms with Gasteiger partial charge in [0.05, 0.1) is 0 Å². The van der Waals surface area contributed by atoms with Crippen molar-refractivity contribution in [3.63, 3.8) is 0 Å². The lowest BCUT2D eigenvalue weighted by atomic mass is 10.0. The van der Waals surface area contributed by atoms with Crippen LogP contribution in [-0.4, -0.2) is 13.3 Å². The van der Waals surface area contributed by atoms with Crippen LogP contribution < -0.4 is 10.4 Å². The summed E-state index contributed by atoms with van der Waals surface area (Å²) in [5, 5.41) is 0.813. The molecular weight excluding hydrogens is 270 g/mol. The predicted octanol–water partition coefficient (Wildman–Crippen LogP) is 3.81. The Hall–Kier alpha value is -2.62. The van der Waals surface area contributed by atoms with Gasteiger partial charge < -0.3 is 9.15 Å². The molecule has 0 spiro atoms. The minimum Gasteiger partial charge on any atom is -0.491 e. The summed E-state index contributed by atoms with van der Waals surface area (Å²) in [7, 11) is 0. The monoisotopic (exact) mass is 283 g/mol. The highest BCUT2D eigenvalue weighted by molar-refractivity contribution is 5.93. The fraction of sp³-hybridized carbons (Fsp3) is 0.118. The summed E-state index contributed by atoms with van der Waals surface area (Å²) in [4.78, 5) is 11.7. The van der Waals surface area contributed by atoms with Gasteiger partial charge in [0.25, 0.3) is 0 Å². The van der Waals surface area contributed by atoms with E-state index in [0.717, 1.165) is 16.5 Å². The minimum absolute atomic E-state index is 0.0197. The molecule has 0 saturated carbocycles. The van der Waals surface area contributed by atoms with Crippen LogP contribution >= 0.6 is 0 Å². The molecule has 0 unspecified atom stereocenters. The van der Waals surface area contributed by atoms with Crippen LogP contribution in [0.25, 0.3) is 22.1 Å². The third-order valence-corrected chi connectivity index (χ3v) is 3.15. The van der Waals surface area contributed by atoms with Crippen LogP contribution in [0.3, 0.4) is 0 Å². The molecule has 0 atom stereocenters. The number of hydrogen-bond donors (Lipinski definition) is 0. The van der Waals surface area contributed by atoms with Gasteiger partial charge in [0.15, 0.2) is 0 Å². The summed E-state index contributed by atoms with van der Waals surface area (Å²) < 4.78 is 22.6. The first-order chi connectivity index (χ1) is 10.3. The quantitative estimate of drug-likeness (QED) is 0.683. The second-order valence-electron chi connectivity index (χ2n) is 4.54. The number of hydrogen-bond acceptors (Lipinski definition) is 3. The zero-order valence-electron chi connectivity index (χ0n) is 11.2. The maximum Gasteiger partial charge on any atom is 0.336 e. The zero-order chi connectivity index (χ0) is 14.7. The van der Waals surface area contributed by atoms with Crippen molar-refractivity contribution in [2.45, 2.75) is 0 Å². The number of halogens is 1. The topological polar surface area (TPSA) is 39.4 Å². The highest BCUT2D eigenvalue weighted by Gasteiger charge is 2.08. The molecule has 4 heteroatoms. The van der Waals surface area contributed by atoms with Crippen molar-refractivity contribution in [3.8, 4) is 16.9 Å². The van der Waals surface area contributed by atoms with Crippen LogP contribution in [0, 0.1) is 0 Å². The zero-order valence-corrected chi connectivity index (χ0v) is 11.2. The van der Waals surface area contributed by atoms with E-state index in [2.05, 4.69) is 0 Å². The Kier molecular flexibility index (Phi) is 3.69. The third-order valence-electron chi connectivity index (χ3n) is 3.15. The Labute approximate surface area is 120 Å². The van der Waals surface area contributed by atoms with Crippen molar-refractivity contribution < 1.29 is 13.5 Å². The first-order valence-electron chi connectivity index (χ1n) is 6.60. The molecule has 21 heavy (non-hydrogen) atoms. The van der Waals surface area contributed by atoms with Crippen molar-refractivity contribution in [2.24, 2.45) is 0 Å². The molecule has 0 bridgehead atoms. The number of rotatable bonds is 4. The Balaban J connectivity index is 2.15. The highest BCUT2D eigenvalue weighted by Crippen LogP contribution is 2.29. The first kappa shape index (κ1) is 13.4. The third kappa shape index (κ3) is 2.79. The van der Waals surface area contributed by atoms with Crippen molar-refractivity contribution >= 4 is 11.0 Å². The second kappa shape index (κ2) is 5.79. The molecule has 1 aromatic heterocycles. The average molecular weight is 283 g/mol. The highest BCUT2D eigenvalue weighted by atomic mass is 18.2. The van der Waals surface area contributed by atoms with Crippen LogP contribution in [0.4, 0.5) is 4.39 Å². The van der Waals surface area contributed by atoms with E-state index in [-0.39, 0.29) is 6.61 Å². The molecule has 3 aromatic rings. The van der Waals surface area contributed by atoms with Gasteiger partial charge in [-0.2, -0.15) is 0 Å². The second-order valence-corrected chi connectivity index (χ2v) is 4.54. The van der Waals surface area contributed by atoms with Gasteiger partial charge in [0.2, 0.25) is 0 Å². The van der Waals surface area contributed by atoms with Gasteiger partial charge in [0, 0.05) is 17.5 Å². The molecule has 0 radical (unpaired) electrons. The Morgan fingerprint density at radius 1 is 1.05 bits per heavy atom. The Bertz CT molecular complexity index is 809. The van der Waals surface area contributed by atoms with E-state index in [1.54, 1.807) is 12.1 Å². The lowest BCUT2D eigenvalue weighted by molar-refractivity contribution is 0.273. The van der Waals surface area contributed by atoms with Crippen molar-refractivity contribution in [1.29, 1.82) is 0 Å². The molecule has 0 aliphatic rings. The lowest BCUT2D eigenvalue weighted by Crippen LogP contribution is -2.00. The summed E-state index contributed by atoms with van der Waals surface area (Å²) in [5.41, 5.74) is 1.74. The van der Waals surface area contributed by atoms with E-state index in [9.17, 15) is 9.18 Å². The normalized spacial score (nSPS) is 10.7. The van der Waals surface area contributed by atoms with E-state index < -0.39 is 12.3 Å². The number of benzene rings is 2. The van der Waals surface area contributed by atoms with E-state index in [4.69, 9.17) is 9.15 Å². The van der Waals surface area contributed by atoms with Crippen LogP contribution in [0.1, 0.15) is 0 Å². The number of ether oxygens (including phenoxy) is 1. The number of alkyl halides is 1. The maximum atomic E-state index is 12.1. The van der Waals surface area contributed by atoms with Gasteiger partial charge in [-0.15, -0.1) is 0 Å². The largest absolute Gasteiger partial charge is 0.491 e. The molecule has 0 saturated heterocycles. The van der Waals surface area contributed by atoms with Gasteiger partial charge >= 0.3 is 5.63 Å². The summed E-state index contributed by atoms with van der Waals surface area (Å²) in [6, 6.07) is 16.2. The maximum absolute atomic E-state index is 12.1. The van der Waals surface area contributed by atoms with E-state index in [0.29, 0.717) is 11.3 Å². The van der Waals surface area contributed by atoms with Crippen molar-refractivity contribution in [3.05, 3.63) is 65.0 Å². The molecule has 3 rings (SSSR count). The van der Waals surface area contributed by atoms with Crippen LogP contribution in [0.5, 0.6) is 5.75 Å². The summed E-state index contributed by atoms with van der Waals surface area (Å²) in [6.07, 6.45) is 0. The molecule has 106 valence electrons. The summed E-state index contributed by atoms with van der Waals surface area (Å²) in [5.74, 6) is 0.480. The minimum atomic E-state index is -0.563. The molecule has 3 nitrogen and oxygen atoms in total. The molecule has 0 aliphatic carbocycles. The van der Waals surface area contributed by atoms with Crippen LogP contribution in [0.2, 0.25) is 0 Å². The Morgan fingerprint density at radius 2 is 1.86 bits per heavy atom. The average Bonchev–Trinajstić information content (AvgIpc) is 2.52. The van der Waals surface area contributed by atoms with Gasteiger partial charge in [-0.25, -0.2) is 9.18 Å². The smallest absolute Gasteiger partial charge is 0.336 e. The standard InChI is InChI=1S/C17H13FO3/c18-8-9-20-13-6-7-14-15(12-4-2-1-3-5-12)11-17(19)21-16(14)10-13/h1-7,10-11H,8-9H2/i18-1. The van der Waals surface area contributed by atoms with Crippen molar-refractivity contribution in [2.75, 3.05) is 13.3 Å². The van der Waals surface area contributed by atoms with E-state index in [1.165, 1.54) is 6.07 Å². The lowest BCUT2D eigenvalue weighted by Gasteiger charge is -2.08. The molecule has 2 aromatic carbocycles. The van der Waals surface area contributed by atoms with Gasteiger partial charge in [-0.3, -0.25) is 0 Å². The Morgan fingerprint density at radius 3 is 2.62 bits per heavy atom.